The highest BCUT2D eigenvalue weighted by atomic mass is 14.7. The van der Waals surface area contributed by atoms with Crippen LogP contribution >= 0.6 is 0 Å². The number of para-hydroxylation sites is 1. The van der Waals surface area contributed by atoms with Crippen molar-refractivity contribution in [2.75, 3.05) is 0 Å². The average Bonchev–Trinajstić information content (AvgIpc) is 2.41. The lowest BCUT2D eigenvalue weighted by molar-refractivity contribution is 1.36. The Labute approximate surface area is 108 Å². The molecule has 0 amide bonds. The van der Waals surface area contributed by atoms with Gasteiger partial charge in [-0.25, -0.2) is 0 Å². The third-order valence-electron chi connectivity index (χ3n) is 3.27. The maximum atomic E-state index is 5.72. The second-order valence-electron chi connectivity index (χ2n) is 4.44. The van der Waals surface area contributed by atoms with Gasteiger partial charge in [-0.2, -0.15) is 0 Å². The van der Waals surface area contributed by atoms with Gasteiger partial charge in [-0.1, -0.05) is 47.9 Å². The van der Waals surface area contributed by atoms with Crippen LogP contribution in [0.15, 0.2) is 54.7 Å². The Morgan fingerprint density at radius 3 is 2.44 bits per heavy atom. The number of rotatable bonds is 1. The standard InChI is InChI=1S/C16H12BN/c1-11-14-4-2-3-5-16(14)18-10-15(11)12-6-8-13(17)9-7-12/h2-10H,1H3. The van der Waals surface area contributed by atoms with E-state index in [1.807, 2.05) is 48.7 Å². The molecular weight excluding hydrogens is 217 g/mol. The van der Waals surface area contributed by atoms with E-state index in [4.69, 9.17) is 7.85 Å². The highest BCUT2D eigenvalue weighted by Gasteiger charge is 2.06. The maximum Gasteiger partial charge on any atom is 0.113 e. The Bertz CT molecular complexity index is 702. The monoisotopic (exact) mass is 229 g/mol. The summed E-state index contributed by atoms with van der Waals surface area (Å²) in [5.74, 6) is 0. The van der Waals surface area contributed by atoms with Crippen LogP contribution in [0.5, 0.6) is 0 Å². The fourth-order valence-corrected chi connectivity index (χ4v) is 2.23. The van der Waals surface area contributed by atoms with Gasteiger partial charge in [0.25, 0.3) is 0 Å². The molecule has 1 heterocycles. The van der Waals surface area contributed by atoms with Gasteiger partial charge in [-0.15, -0.1) is 0 Å². The summed E-state index contributed by atoms with van der Waals surface area (Å²) in [5, 5.41) is 1.20. The summed E-state index contributed by atoms with van der Waals surface area (Å²) in [5.41, 5.74) is 5.39. The van der Waals surface area contributed by atoms with Crippen LogP contribution in [-0.2, 0) is 0 Å². The van der Waals surface area contributed by atoms with Crippen LogP contribution in [0, 0.1) is 6.92 Å². The zero-order valence-electron chi connectivity index (χ0n) is 10.2. The van der Waals surface area contributed by atoms with Crippen LogP contribution in [-0.4, -0.2) is 12.8 Å². The lowest BCUT2D eigenvalue weighted by Gasteiger charge is -2.09. The van der Waals surface area contributed by atoms with Crippen molar-refractivity contribution >= 4 is 24.2 Å². The molecule has 0 bridgehead atoms. The molecule has 3 rings (SSSR count). The van der Waals surface area contributed by atoms with Crippen molar-refractivity contribution in [2.45, 2.75) is 6.92 Å². The van der Waals surface area contributed by atoms with E-state index < -0.39 is 0 Å². The first kappa shape index (κ1) is 11.0. The molecule has 0 aliphatic heterocycles. The predicted molar refractivity (Wildman–Crippen MR) is 77.3 cm³/mol. The molecule has 0 saturated carbocycles. The lowest BCUT2D eigenvalue weighted by Crippen LogP contribution is -1.99. The van der Waals surface area contributed by atoms with Gasteiger partial charge in [-0.05, 0) is 24.1 Å². The number of pyridine rings is 1. The van der Waals surface area contributed by atoms with Gasteiger partial charge in [-0.3, -0.25) is 4.98 Å². The van der Waals surface area contributed by atoms with Gasteiger partial charge in [0.15, 0.2) is 0 Å². The molecule has 2 aromatic carbocycles. The van der Waals surface area contributed by atoms with Crippen LogP contribution < -0.4 is 5.46 Å². The van der Waals surface area contributed by atoms with E-state index in [-0.39, 0.29) is 0 Å². The largest absolute Gasteiger partial charge is 0.256 e. The van der Waals surface area contributed by atoms with Crippen molar-refractivity contribution in [3.05, 3.63) is 60.3 Å². The Morgan fingerprint density at radius 1 is 0.944 bits per heavy atom. The molecule has 0 aliphatic carbocycles. The van der Waals surface area contributed by atoms with Crippen LogP contribution in [0.4, 0.5) is 0 Å². The first-order valence-electron chi connectivity index (χ1n) is 5.96. The summed E-state index contributed by atoms with van der Waals surface area (Å²) in [4.78, 5) is 4.51. The summed E-state index contributed by atoms with van der Waals surface area (Å²) < 4.78 is 0. The fraction of sp³-hybridized carbons (Fsp3) is 0.0625. The SMILES string of the molecule is [B]c1ccc(-c2cnc3ccccc3c2C)cc1. The third-order valence-corrected chi connectivity index (χ3v) is 3.27. The first-order chi connectivity index (χ1) is 8.75. The molecule has 2 heteroatoms. The summed E-state index contributed by atoms with van der Waals surface area (Å²) in [6, 6.07) is 16.1. The number of hydrogen-bond acceptors (Lipinski definition) is 1. The van der Waals surface area contributed by atoms with E-state index in [2.05, 4.69) is 18.0 Å². The molecule has 0 aliphatic rings. The normalized spacial score (nSPS) is 10.7. The topological polar surface area (TPSA) is 12.9 Å². The van der Waals surface area contributed by atoms with Crippen molar-refractivity contribution in [1.82, 2.24) is 4.98 Å². The molecule has 0 N–H and O–H groups in total. The van der Waals surface area contributed by atoms with Gasteiger partial charge < -0.3 is 0 Å². The Hall–Kier alpha value is -2.09. The van der Waals surface area contributed by atoms with Crippen LogP contribution in [0.1, 0.15) is 5.56 Å². The molecule has 18 heavy (non-hydrogen) atoms. The smallest absolute Gasteiger partial charge is 0.113 e. The zero-order chi connectivity index (χ0) is 12.5. The Kier molecular flexibility index (Phi) is 2.64. The van der Waals surface area contributed by atoms with E-state index in [1.165, 1.54) is 10.9 Å². The minimum absolute atomic E-state index is 0.783. The molecule has 2 radical (unpaired) electrons. The van der Waals surface area contributed by atoms with Gasteiger partial charge in [0, 0.05) is 17.1 Å². The number of fused-ring (bicyclic) bond motifs is 1. The summed E-state index contributed by atoms with van der Waals surface area (Å²) in [6.07, 6.45) is 1.93. The first-order valence-corrected chi connectivity index (χ1v) is 5.96. The number of hydrogen-bond donors (Lipinski definition) is 0. The molecule has 0 fully saturated rings. The van der Waals surface area contributed by atoms with Crippen molar-refractivity contribution in [3.63, 3.8) is 0 Å². The van der Waals surface area contributed by atoms with Crippen molar-refractivity contribution in [2.24, 2.45) is 0 Å². The molecule has 0 unspecified atom stereocenters. The third kappa shape index (κ3) is 1.80. The summed E-state index contributed by atoms with van der Waals surface area (Å²) in [7, 11) is 5.72. The molecule has 84 valence electrons. The molecule has 1 nitrogen and oxygen atoms in total. The molecule has 1 aromatic heterocycles. The molecular formula is C16H12BN. The Morgan fingerprint density at radius 2 is 1.67 bits per heavy atom. The molecule has 0 spiro atoms. The van der Waals surface area contributed by atoms with Gasteiger partial charge in [0.1, 0.15) is 7.85 Å². The highest BCUT2D eigenvalue weighted by molar-refractivity contribution is 6.32. The van der Waals surface area contributed by atoms with Crippen LogP contribution in [0.25, 0.3) is 22.0 Å². The van der Waals surface area contributed by atoms with E-state index in [0.717, 1.165) is 22.1 Å². The van der Waals surface area contributed by atoms with Crippen LogP contribution in [0.3, 0.4) is 0 Å². The Balaban J connectivity index is 2.24. The minimum Gasteiger partial charge on any atom is -0.256 e. The number of nitrogens with zero attached hydrogens (tertiary/aromatic N) is 1. The quantitative estimate of drug-likeness (QED) is 0.584. The maximum absolute atomic E-state index is 5.72. The second kappa shape index (κ2) is 4.30. The van der Waals surface area contributed by atoms with E-state index in [9.17, 15) is 0 Å². The van der Waals surface area contributed by atoms with Crippen LogP contribution in [0.2, 0.25) is 0 Å². The van der Waals surface area contributed by atoms with Gasteiger partial charge >= 0.3 is 0 Å². The average molecular weight is 229 g/mol. The van der Waals surface area contributed by atoms with E-state index in [1.54, 1.807) is 0 Å². The molecule has 3 aromatic rings. The van der Waals surface area contributed by atoms with E-state index >= 15 is 0 Å². The summed E-state index contributed by atoms with van der Waals surface area (Å²) in [6.45, 7) is 2.13. The highest BCUT2D eigenvalue weighted by Crippen LogP contribution is 2.27. The minimum atomic E-state index is 0.783. The summed E-state index contributed by atoms with van der Waals surface area (Å²) >= 11 is 0. The number of aromatic nitrogens is 1. The van der Waals surface area contributed by atoms with Crippen molar-refractivity contribution in [1.29, 1.82) is 0 Å². The van der Waals surface area contributed by atoms with Gasteiger partial charge in [0.05, 0.1) is 5.52 Å². The van der Waals surface area contributed by atoms with E-state index in [0.29, 0.717) is 0 Å². The fourth-order valence-electron chi connectivity index (χ4n) is 2.23. The van der Waals surface area contributed by atoms with Gasteiger partial charge in [0.2, 0.25) is 0 Å². The second-order valence-corrected chi connectivity index (χ2v) is 4.44. The molecule has 0 atom stereocenters. The lowest BCUT2D eigenvalue weighted by atomic mass is 9.92. The number of benzene rings is 2. The molecule has 0 saturated heterocycles. The number of aryl methyl sites for hydroxylation is 1. The predicted octanol–water partition coefficient (Wildman–Crippen LogP) is 3.00. The van der Waals surface area contributed by atoms with Crippen molar-refractivity contribution in [3.8, 4) is 11.1 Å². The van der Waals surface area contributed by atoms with Crippen molar-refractivity contribution < 1.29 is 0 Å². The zero-order valence-corrected chi connectivity index (χ0v) is 10.2.